The van der Waals surface area contributed by atoms with Gasteiger partial charge in [-0.15, -0.1) is 0 Å². The van der Waals surface area contributed by atoms with Gasteiger partial charge in [0.1, 0.15) is 0 Å². The van der Waals surface area contributed by atoms with E-state index in [1.165, 1.54) is 32.1 Å². The number of nitrogens with one attached hydrogen (secondary N) is 2. The van der Waals surface area contributed by atoms with Gasteiger partial charge in [-0.2, -0.15) is 0 Å². The van der Waals surface area contributed by atoms with Crippen LogP contribution in [0, 0.1) is 17.8 Å². The Bertz CT molecular complexity index is 591. The summed E-state index contributed by atoms with van der Waals surface area (Å²) in [5.41, 5.74) is 2.81. The van der Waals surface area contributed by atoms with Crippen molar-refractivity contribution in [1.29, 1.82) is 0 Å². The lowest BCUT2D eigenvalue weighted by Crippen LogP contribution is -2.19. The van der Waals surface area contributed by atoms with Gasteiger partial charge in [0.25, 0.3) is 0 Å². The number of carbonyl (C=O) groups is 1. The first-order valence-corrected chi connectivity index (χ1v) is 7.93. The molecule has 0 aromatic heterocycles. The molecule has 0 radical (unpaired) electrons. The molecule has 1 aliphatic carbocycles. The maximum absolute atomic E-state index is 11.8. The van der Waals surface area contributed by atoms with Crippen molar-refractivity contribution in [1.82, 2.24) is 0 Å². The zero-order valence-electron chi connectivity index (χ0n) is 12.5. The second-order valence-corrected chi connectivity index (χ2v) is 6.13. The van der Waals surface area contributed by atoms with Gasteiger partial charge in [0.2, 0.25) is 5.91 Å². The third kappa shape index (κ3) is 3.39. The monoisotopic (exact) mass is 282 g/mol. The minimum absolute atomic E-state index is 0.0612. The van der Waals surface area contributed by atoms with Crippen molar-refractivity contribution >= 4 is 17.3 Å². The number of hydrogen-bond donors (Lipinski definition) is 2. The molecule has 3 heteroatoms. The maximum atomic E-state index is 11.8. The molecule has 110 valence electrons. The molecule has 2 N–H and O–H groups in total. The van der Waals surface area contributed by atoms with E-state index in [9.17, 15) is 4.79 Å². The van der Waals surface area contributed by atoms with E-state index in [0.29, 0.717) is 12.3 Å². The lowest BCUT2D eigenvalue weighted by molar-refractivity contribution is -0.116. The Kier molecular flexibility index (Phi) is 4.15. The van der Waals surface area contributed by atoms with Crippen molar-refractivity contribution in [2.75, 3.05) is 10.6 Å². The molecule has 1 amide bonds. The number of benzene rings is 1. The Hall–Kier alpha value is -1.95. The molecule has 3 rings (SSSR count). The van der Waals surface area contributed by atoms with Gasteiger partial charge in [-0.3, -0.25) is 4.79 Å². The van der Waals surface area contributed by atoms with Crippen molar-refractivity contribution < 1.29 is 4.79 Å². The third-order valence-corrected chi connectivity index (χ3v) is 4.24. The largest absolute Gasteiger partial charge is 0.379 e. The summed E-state index contributed by atoms with van der Waals surface area (Å²) in [5, 5.41) is 6.39. The Morgan fingerprint density at radius 3 is 2.81 bits per heavy atom. The lowest BCUT2D eigenvalue weighted by Gasteiger charge is -2.16. The van der Waals surface area contributed by atoms with Gasteiger partial charge in [-0.05, 0) is 31.9 Å². The maximum Gasteiger partial charge on any atom is 0.226 e. The van der Waals surface area contributed by atoms with Crippen LogP contribution in [0.3, 0.4) is 0 Å². The van der Waals surface area contributed by atoms with E-state index in [1.807, 2.05) is 25.1 Å². The van der Waals surface area contributed by atoms with E-state index in [0.717, 1.165) is 16.9 Å². The van der Waals surface area contributed by atoms with Crippen LogP contribution in [0.4, 0.5) is 11.4 Å². The lowest BCUT2D eigenvalue weighted by atomic mass is 9.89. The highest BCUT2D eigenvalue weighted by atomic mass is 16.1. The quantitative estimate of drug-likeness (QED) is 0.711. The molecule has 1 saturated carbocycles. The van der Waals surface area contributed by atoms with E-state index in [4.69, 9.17) is 0 Å². The predicted molar refractivity (Wildman–Crippen MR) is 86.2 cm³/mol. The van der Waals surface area contributed by atoms with Crippen molar-refractivity contribution in [2.24, 2.45) is 5.92 Å². The van der Waals surface area contributed by atoms with Crippen LogP contribution in [0.15, 0.2) is 18.2 Å². The molecule has 0 unspecified atom stereocenters. The van der Waals surface area contributed by atoms with E-state index < -0.39 is 0 Å². The highest BCUT2D eigenvalue weighted by Crippen LogP contribution is 2.30. The van der Waals surface area contributed by atoms with Crippen molar-refractivity contribution in [3.63, 3.8) is 0 Å². The molecule has 1 aliphatic heterocycles. The molecule has 21 heavy (non-hydrogen) atoms. The van der Waals surface area contributed by atoms with E-state index in [1.54, 1.807) is 0 Å². The molecule has 1 heterocycles. The van der Waals surface area contributed by atoms with E-state index in [2.05, 4.69) is 22.5 Å². The van der Waals surface area contributed by atoms with Gasteiger partial charge in [0.15, 0.2) is 0 Å². The van der Waals surface area contributed by atoms with Crippen LogP contribution in [0.1, 0.15) is 51.0 Å². The first-order valence-electron chi connectivity index (χ1n) is 7.93. The summed E-state index contributed by atoms with van der Waals surface area (Å²) >= 11 is 0. The fourth-order valence-corrected chi connectivity index (χ4v) is 3.12. The molecule has 3 nitrogen and oxygen atoms in total. The van der Waals surface area contributed by atoms with Crippen molar-refractivity contribution in [3.05, 3.63) is 23.8 Å². The zero-order chi connectivity index (χ0) is 14.7. The summed E-state index contributed by atoms with van der Waals surface area (Å²) in [7, 11) is 0. The van der Waals surface area contributed by atoms with Crippen LogP contribution in [0.25, 0.3) is 0 Å². The zero-order valence-corrected chi connectivity index (χ0v) is 12.5. The number of amides is 1. The Morgan fingerprint density at radius 1 is 1.19 bits per heavy atom. The SMILES string of the molecule is C[C@@H]1CC(=O)Nc2cccc(C#CC3CCCCC3)c2N1. The number of carbonyl (C=O) groups excluding carboxylic acids is 1. The average molecular weight is 282 g/mol. The number of hydrogen-bond acceptors (Lipinski definition) is 2. The topological polar surface area (TPSA) is 41.1 Å². The van der Waals surface area contributed by atoms with E-state index >= 15 is 0 Å². The van der Waals surface area contributed by atoms with Gasteiger partial charge < -0.3 is 10.6 Å². The summed E-state index contributed by atoms with van der Waals surface area (Å²) in [4.78, 5) is 11.8. The summed E-state index contributed by atoms with van der Waals surface area (Å²) in [5.74, 6) is 7.37. The molecule has 1 aromatic rings. The molecule has 1 aromatic carbocycles. The van der Waals surface area contributed by atoms with Crippen molar-refractivity contribution in [3.8, 4) is 11.8 Å². The molecule has 1 atom stereocenters. The van der Waals surface area contributed by atoms with Gasteiger partial charge in [-0.25, -0.2) is 0 Å². The highest BCUT2D eigenvalue weighted by molar-refractivity contribution is 5.97. The Labute approximate surface area is 126 Å². The molecular weight excluding hydrogens is 260 g/mol. The number of para-hydroxylation sites is 1. The normalized spacial score (nSPS) is 22.1. The van der Waals surface area contributed by atoms with Crippen LogP contribution in [0.2, 0.25) is 0 Å². The van der Waals surface area contributed by atoms with Gasteiger partial charge >= 0.3 is 0 Å². The highest BCUT2D eigenvalue weighted by Gasteiger charge is 2.19. The fraction of sp³-hybridized carbons (Fsp3) is 0.500. The number of anilines is 2. The molecule has 1 fully saturated rings. The minimum atomic E-state index is 0.0612. The van der Waals surface area contributed by atoms with Gasteiger partial charge in [-0.1, -0.05) is 37.2 Å². The minimum Gasteiger partial charge on any atom is -0.379 e. The first-order chi connectivity index (χ1) is 10.2. The smallest absolute Gasteiger partial charge is 0.226 e. The summed E-state index contributed by atoms with van der Waals surface area (Å²) in [6.45, 7) is 2.03. The van der Waals surface area contributed by atoms with Crippen LogP contribution < -0.4 is 10.6 Å². The summed E-state index contributed by atoms with van der Waals surface area (Å²) in [6.07, 6.45) is 6.90. The second-order valence-electron chi connectivity index (χ2n) is 6.13. The molecule has 0 bridgehead atoms. The molecule has 2 aliphatic rings. The Balaban J connectivity index is 1.88. The predicted octanol–water partition coefficient (Wildman–Crippen LogP) is 3.76. The van der Waals surface area contributed by atoms with Gasteiger partial charge in [0.05, 0.1) is 11.4 Å². The number of rotatable bonds is 0. The standard InChI is InChI=1S/C18H22N2O/c1-13-12-17(21)20-16-9-5-8-15(18(16)19-13)11-10-14-6-3-2-4-7-14/h5,8-9,13-14,19H,2-4,6-7,12H2,1H3,(H,20,21)/t13-/m1/s1. The molecule has 0 saturated heterocycles. The van der Waals surface area contributed by atoms with Crippen LogP contribution in [-0.2, 0) is 4.79 Å². The van der Waals surface area contributed by atoms with Crippen molar-refractivity contribution in [2.45, 2.75) is 51.5 Å². The summed E-state index contributed by atoms with van der Waals surface area (Å²) < 4.78 is 0. The van der Waals surface area contributed by atoms with Crippen LogP contribution >= 0.6 is 0 Å². The first kappa shape index (κ1) is 14.0. The van der Waals surface area contributed by atoms with Crippen LogP contribution in [-0.4, -0.2) is 11.9 Å². The molecule has 0 spiro atoms. The summed E-state index contributed by atoms with van der Waals surface area (Å²) in [6, 6.07) is 6.06. The molecular formula is C18H22N2O. The Morgan fingerprint density at radius 2 is 2.00 bits per heavy atom. The van der Waals surface area contributed by atoms with E-state index in [-0.39, 0.29) is 11.9 Å². The average Bonchev–Trinajstić information content (AvgIpc) is 2.63. The van der Waals surface area contributed by atoms with Gasteiger partial charge in [0, 0.05) is 23.9 Å². The fourth-order valence-electron chi connectivity index (χ4n) is 3.12. The van der Waals surface area contributed by atoms with Crippen LogP contribution in [0.5, 0.6) is 0 Å². The number of fused-ring (bicyclic) bond motifs is 1. The second kappa shape index (κ2) is 6.22. The third-order valence-electron chi connectivity index (χ3n) is 4.24.